The average molecular weight is 236 g/mol. The molecular formula is C12H13FN2O2. The lowest BCUT2D eigenvalue weighted by atomic mass is 10.1. The Morgan fingerprint density at radius 3 is 2.88 bits per heavy atom. The van der Waals surface area contributed by atoms with Gasteiger partial charge in [-0.3, -0.25) is 4.79 Å². The minimum absolute atomic E-state index is 0.00998. The van der Waals surface area contributed by atoms with Crippen LogP contribution in [0.3, 0.4) is 0 Å². The van der Waals surface area contributed by atoms with Crippen LogP contribution in [0, 0.1) is 17.1 Å². The van der Waals surface area contributed by atoms with Crippen LogP contribution in [0.4, 0.5) is 4.39 Å². The summed E-state index contributed by atoms with van der Waals surface area (Å²) >= 11 is 0. The summed E-state index contributed by atoms with van der Waals surface area (Å²) in [6.07, 6.45) is 0.00998. The Kier molecular flexibility index (Phi) is 4.61. The molecule has 1 aromatic rings. The van der Waals surface area contributed by atoms with Crippen LogP contribution < -0.4 is 0 Å². The highest BCUT2D eigenvalue weighted by atomic mass is 19.1. The van der Waals surface area contributed by atoms with E-state index in [1.165, 1.54) is 18.2 Å². The smallest absolute Gasteiger partial charge is 0.304 e. The Hall–Kier alpha value is -1.93. The Bertz CT molecular complexity index is 454. The molecule has 0 aromatic heterocycles. The van der Waals surface area contributed by atoms with E-state index in [1.54, 1.807) is 11.9 Å². The van der Waals surface area contributed by atoms with Gasteiger partial charge >= 0.3 is 5.97 Å². The second-order valence-electron chi connectivity index (χ2n) is 3.80. The lowest BCUT2D eigenvalue weighted by molar-refractivity contribution is -0.137. The number of hydrogen-bond donors (Lipinski definition) is 1. The minimum atomic E-state index is -0.886. The van der Waals surface area contributed by atoms with Crippen molar-refractivity contribution >= 4 is 5.97 Å². The monoisotopic (exact) mass is 236 g/mol. The predicted molar refractivity (Wildman–Crippen MR) is 59.7 cm³/mol. The van der Waals surface area contributed by atoms with Crippen molar-refractivity contribution in [3.63, 3.8) is 0 Å². The molecule has 0 aliphatic heterocycles. The van der Waals surface area contributed by atoms with Crippen molar-refractivity contribution in [1.29, 1.82) is 5.26 Å². The molecule has 17 heavy (non-hydrogen) atoms. The molecule has 0 aliphatic carbocycles. The summed E-state index contributed by atoms with van der Waals surface area (Å²) in [5.74, 6) is -1.27. The zero-order valence-corrected chi connectivity index (χ0v) is 9.48. The number of carboxylic acid groups (broad SMARTS) is 1. The number of carbonyl (C=O) groups is 1. The molecule has 0 saturated carbocycles. The maximum Gasteiger partial charge on any atom is 0.304 e. The van der Waals surface area contributed by atoms with E-state index in [2.05, 4.69) is 0 Å². The third-order valence-electron chi connectivity index (χ3n) is 2.32. The van der Waals surface area contributed by atoms with E-state index >= 15 is 0 Å². The number of benzene rings is 1. The summed E-state index contributed by atoms with van der Waals surface area (Å²) in [6.45, 7) is 0.625. The van der Waals surface area contributed by atoms with Gasteiger partial charge in [-0.15, -0.1) is 0 Å². The summed E-state index contributed by atoms with van der Waals surface area (Å²) < 4.78 is 13.4. The lowest BCUT2D eigenvalue weighted by Crippen LogP contribution is -2.21. The Morgan fingerprint density at radius 1 is 1.59 bits per heavy atom. The number of rotatable bonds is 5. The van der Waals surface area contributed by atoms with Gasteiger partial charge in [0.15, 0.2) is 0 Å². The molecule has 0 aliphatic rings. The van der Waals surface area contributed by atoms with Crippen molar-refractivity contribution in [1.82, 2.24) is 4.90 Å². The normalized spacial score (nSPS) is 10.2. The SMILES string of the molecule is CN(CCC(=O)O)Cc1cc(C#N)ccc1F. The highest BCUT2D eigenvalue weighted by Crippen LogP contribution is 2.12. The molecule has 0 radical (unpaired) electrons. The Labute approximate surface area is 98.9 Å². The van der Waals surface area contributed by atoms with Crippen molar-refractivity contribution in [2.75, 3.05) is 13.6 Å². The van der Waals surface area contributed by atoms with E-state index < -0.39 is 5.97 Å². The number of nitriles is 1. The van der Waals surface area contributed by atoms with Crippen LogP contribution in [0.2, 0.25) is 0 Å². The van der Waals surface area contributed by atoms with Gasteiger partial charge in [0.05, 0.1) is 18.1 Å². The van der Waals surface area contributed by atoms with Crippen LogP contribution in [-0.4, -0.2) is 29.6 Å². The Balaban J connectivity index is 2.67. The van der Waals surface area contributed by atoms with Crippen LogP contribution in [0.25, 0.3) is 0 Å². The molecule has 0 unspecified atom stereocenters. The first-order valence-corrected chi connectivity index (χ1v) is 5.12. The molecule has 0 heterocycles. The summed E-state index contributed by atoms with van der Waals surface area (Å²) in [5, 5.41) is 17.2. The average Bonchev–Trinajstić information content (AvgIpc) is 2.29. The van der Waals surface area contributed by atoms with Gasteiger partial charge < -0.3 is 10.0 Å². The number of halogens is 1. The second-order valence-corrected chi connectivity index (χ2v) is 3.80. The van der Waals surface area contributed by atoms with Crippen LogP contribution in [0.15, 0.2) is 18.2 Å². The molecule has 1 aromatic carbocycles. The van der Waals surface area contributed by atoms with Crippen LogP contribution >= 0.6 is 0 Å². The maximum absolute atomic E-state index is 13.4. The van der Waals surface area contributed by atoms with E-state index in [1.807, 2.05) is 6.07 Å². The minimum Gasteiger partial charge on any atom is -0.481 e. The zero-order valence-electron chi connectivity index (χ0n) is 9.48. The number of hydrogen-bond acceptors (Lipinski definition) is 3. The van der Waals surface area contributed by atoms with E-state index in [4.69, 9.17) is 10.4 Å². The van der Waals surface area contributed by atoms with Crippen molar-refractivity contribution in [3.8, 4) is 6.07 Å². The van der Waals surface area contributed by atoms with E-state index in [0.29, 0.717) is 17.7 Å². The van der Waals surface area contributed by atoms with E-state index in [0.717, 1.165) is 0 Å². The van der Waals surface area contributed by atoms with Crippen LogP contribution in [0.1, 0.15) is 17.5 Å². The molecule has 0 amide bonds. The molecule has 5 heteroatoms. The van der Waals surface area contributed by atoms with Gasteiger partial charge in [0.2, 0.25) is 0 Å². The molecule has 0 atom stereocenters. The predicted octanol–water partition coefficient (Wildman–Crippen LogP) is 1.60. The van der Waals surface area contributed by atoms with Gasteiger partial charge in [-0.2, -0.15) is 5.26 Å². The summed E-state index contributed by atoms with van der Waals surface area (Å²) in [7, 11) is 1.71. The highest BCUT2D eigenvalue weighted by Gasteiger charge is 2.08. The standard InChI is InChI=1S/C12H13FN2O2/c1-15(5-4-12(16)17)8-10-6-9(7-14)2-3-11(10)13/h2-3,6H,4-5,8H2,1H3,(H,16,17). The van der Waals surface area contributed by atoms with Crippen molar-refractivity contribution in [2.24, 2.45) is 0 Å². The largest absolute Gasteiger partial charge is 0.481 e. The first-order chi connectivity index (χ1) is 8.02. The fourth-order valence-electron chi connectivity index (χ4n) is 1.42. The van der Waals surface area contributed by atoms with Crippen molar-refractivity contribution in [2.45, 2.75) is 13.0 Å². The third kappa shape index (κ3) is 4.21. The molecule has 90 valence electrons. The third-order valence-corrected chi connectivity index (χ3v) is 2.32. The number of nitrogens with zero attached hydrogens (tertiary/aromatic N) is 2. The Morgan fingerprint density at radius 2 is 2.29 bits per heavy atom. The summed E-state index contributed by atoms with van der Waals surface area (Å²) in [4.78, 5) is 12.1. The quantitative estimate of drug-likeness (QED) is 0.843. The highest BCUT2D eigenvalue weighted by molar-refractivity contribution is 5.66. The first-order valence-electron chi connectivity index (χ1n) is 5.12. The fourth-order valence-corrected chi connectivity index (χ4v) is 1.42. The van der Waals surface area contributed by atoms with Gasteiger partial charge in [-0.05, 0) is 25.2 Å². The van der Waals surface area contributed by atoms with Gasteiger partial charge in [0.1, 0.15) is 5.82 Å². The molecule has 4 nitrogen and oxygen atoms in total. The summed E-state index contributed by atoms with van der Waals surface area (Å²) in [5.41, 5.74) is 0.796. The fraction of sp³-hybridized carbons (Fsp3) is 0.333. The molecule has 0 saturated heterocycles. The molecule has 1 rings (SSSR count). The van der Waals surface area contributed by atoms with Gasteiger partial charge in [-0.1, -0.05) is 0 Å². The zero-order chi connectivity index (χ0) is 12.8. The van der Waals surface area contributed by atoms with Gasteiger partial charge in [0, 0.05) is 18.7 Å². The van der Waals surface area contributed by atoms with Crippen LogP contribution in [0.5, 0.6) is 0 Å². The maximum atomic E-state index is 13.4. The molecule has 0 bridgehead atoms. The second kappa shape index (κ2) is 5.97. The molecule has 1 N–H and O–H groups in total. The summed E-state index contributed by atoms with van der Waals surface area (Å²) in [6, 6.07) is 6.08. The number of carboxylic acids is 1. The number of aliphatic carboxylic acids is 1. The van der Waals surface area contributed by atoms with Crippen LogP contribution in [-0.2, 0) is 11.3 Å². The first kappa shape index (κ1) is 13.1. The molecule has 0 fully saturated rings. The lowest BCUT2D eigenvalue weighted by Gasteiger charge is -2.15. The molecular weight excluding hydrogens is 223 g/mol. The van der Waals surface area contributed by atoms with E-state index in [-0.39, 0.29) is 18.8 Å². The van der Waals surface area contributed by atoms with E-state index in [9.17, 15) is 9.18 Å². The van der Waals surface area contributed by atoms with Crippen molar-refractivity contribution < 1.29 is 14.3 Å². The van der Waals surface area contributed by atoms with Gasteiger partial charge in [-0.25, -0.2) is 4.39 Å². The van der Waals surface area contributed by atoms with Crippen molar-refractivity contribution in [3.05, 3.63) is 35.1 Å². The van der Waals surface area contributed by atoms with Gasteiger partial charge in [0.25, 0.3) is 0 Å². The molecule has 0 spiro atoms. The topological polar surface area (TPSA) is 64.3 Å².